The molecular formula is C11H16BrN3O. The van der Waals surface area contributed by atoms with Crippen LogP contribution >= 0.6 is 15.9 Å². The third kappa shape index (κ3) is 3.43. The second-order valence-electron chi connectivity index (χ2n) is 4.00. The Balaban J connectivity index is 1.80. The summed E-state index contributed by atoms with van der Waals surface area (Å²) in [5.74, 6) is 0.889. The summed E-state index contributed by atoms with van der Waals surface area (Å²) in [6.45, 7) is 3.62. The maximum atomic E-state index is 5.65. The maximum Gasteiger partial charge on any atom is 0.126 e. The number of pyridine rings is 1. The molecule has 1 saturated heterocycles. The van der Waals surface area contributed by atoms with Crippen LogP contribution in [0, 0.1) is 0 Å². The quantitative estimate of drug-likeness (QED) is 0.915. The molecule has 2 heterocycles. The normalized spacial score (nSPS) is 22.0. The molecule has 88 valence electrons. The van der Waals surface area contributed by atoms with Gasteiger partial charge < -0.3 is 15.0 Å². The highest BCUT2D eigenvalue weighted by molar-refractivity contribution is 9.10. The number of rotatable bonds is 3. The average Bonchev–Trinajstić information content (AvgIpc) is 2.28. The van der Waals surface area contributed by atoms with Gasteiger partial charge in [-0.25, -0.2) is 4.98 Å². The van der Waals surface area contributed by atoms with Gasteiger partial charge in [0.05, 0.1) is 12.7 Å². The van der Waals surface area contributed by atoms with Crippen molar-refractivity contribution in [3.8, 4) is 0 Å². The molecule has 0 aromatic carbocycles. The minimum Gasteiger partial charge on any atom is -0.374 e. The Bertz CT molecular complexity index is 331. The molecule has 0 amide bonds. The van der Waals surface area contributed by atoms with E-state index in [1.165, 1.54) is 0 Å². The van der Waals surface area contributed by atoms with Gasteiger partial charge in [0.1, 0.15) is 5.82 Å². The van der Waals surface area contributed by atoms with Crippen LogP contribution in [-0.2, 0) is 4.74 Å². The zero-order chi connectivity index (χ0) is 11.4. The number of nitrogens with one attached hydrogen (secondary N) is 1. The highest BCUT2D eigenvalue weighted by Crippen LogP contribution is 2.11. The van der Waals surface area contributed by atoms with Gasteiger partial charge in [0.25, 0.3) is 0 Å². The van der Waals surface area contributed by atoms with Crippen molar-refractivity contribution in [2.24, 2.45) is 0 Å². The van der Waals surface area contributed by atoms with E-state index in [-0.39, 0.29) is 6.10 Å². The molecule has 1 aliphatic rings. The summed E-state index contributed by atoms with van der Waals surface area (Å²) in [7, 11) is 2.12. The largest absolute Gasteiger partial charge is 0.374 e. The fourth-order valence-electron chi connectivity index (χ4n) is 1.69. The molecule has 1 atom stereocenters. The summed E-state index contributed by atoms with van der Waals surface area (Å²) in [6.07, 6.45) is 2.04. The van der Waals surface area contributed by atoms with Crippen LogP contribution in [0.3, 0.4) is 0 Å². The lowest BCUT2D eigenvalue weighted by Crippen LogP contribution is -2.43. The molecule has 0 aliphatic carbocycles. The summed E-state index contributed by atoms with van der Waals surface area (Å²) < 4.78 is 6.64. The van der Waals surface area contributed by atoms with E-state index in [0.29, 0.717) is 0 Å². The van der Waals surface area contributed by atoms with E-state index in [4.69, 9.17) is 4.74 Å². The minimum atomic E-state index is 0.254. The van der Waals surface area contributed by atoms with Crippen LogP contribution in [0.4, 0.5) is 5.82 Å². The Morgan fingerprint density at radius 2 is 2.50 bits per heavy atom. The monoisotopic (exact) mass is 285 g/mol. The van der Waals surface area contributed by atoms with Crippen molar-refractivity contribution in [1.29, 1.82) is 0 Å². The van der Waals surface area contributed by atoms with Gasteiger partial charge in [-0.05, 0) is 35.1 Å². The summed E-state index contributed by atoms with van der Waals surface area (Å²) in [4.78, 5) is 6.54. The zero-order valence-electron chi connectivity index (χ0n) is 9.32. The number of likely N-dealkylation sites (N-methyl/N-ethyl adjacent to an activating group) is 1. The SMILES string of the molecule is CN1CCOC(CNc2ccc(Br)cn2)C1. The van der Waals surface area contributed by atoms with E-state index < -0.39 is 0 Å². The van der Waals surface area contributed by atoms with Crippen LogP contribution < -0.4 is 5.32 Å². The number of nitrogens with zero attached hydrogens (tertiary/aromatic N) is 2. The summed E-state index contributed by atoms with van der Waals surface area (Å²) in [5, 5.41) is 3.28. The van der Waals surface area contributed by atoms with Crippen LogP contribution in [-0.4, -0.2) is 49.3 Å². The maximum absolute atomic E-state index is 5.65. The van der Waals surface area contributed by atoms with Crippen LogP contribution in [0.5, 0.6) is 0 Å². The predicted octanol–water partition coefficient (Wildman–Crippen LogP) is 1.59. The van der Waals surface area contributed by atoms with E-state index in [0.717, 1.165) is 36.5 Å². The topological polar surface area (TPSA) is 37.4 Å². The standard InChI is InChI=1S/C11H16BrN3O/c1-15-4-5-16-10(8-15)7-14-11-3-2-9(12)6-13-11/h2-3,6,10H,4-5,7-8H2,1H3,(H,13,14). The van der Waals surface area contributed by atoms with E-state index in [1.807, 2.05) is 12.1 Å². The first-order valence-electron chi connectivity index (χ1n) is 5.39. The molecule has 4 nitrogen and oxygen atoms in total. The van der Waals surface area contributed by atoms with E-state index in [9.17, 15) is 0 Å². The molecule has 1 fully saturated rings. The molecule has 16 heavy (non-hydrogen) atoms. The lowest BCUT2D eigenvalue weighted by atomic mass is 10.3. The number of hydrogen-bond donors (Lipinski definition) is 1. The molecule has 0 spiro atoms. The van der Waals surface area contributed by atoms with Gasteiger partial charge in [-0.3, -0.25) is 0 Å². The third-order valence-electron chi connectivity index (χ3n) is 2.58. The van der Waals surface area contributed by atoms with Gasteiger partial charge in [0.15, 0.2) is 0 Å². The van der Waals surface area contributed by atoms with Gasteiger partial charge in [0, 0.05) is 30.3 Å². The van der Waals surface area contributed by atoms with Gasteiger partial charge in [0.2, 0.25) is 0 Å². The van der Waals surface area contributed by atoms with E-state index >= 15 is 0 Å². The number of morpholine rings is 1. The average molecular weight is 286 g/mol. The molecule has 0 saturated carbocycles. The first-order chi connectivity index (χ1) is 7.74. The Morgan fingerprint density at radius 1 is 1.62 bits per heavy atom. The first kappa shape index (κ1) is 11.8. The van der Waals surface area contributed by atoms with Gasteiger partial charge in [-0.15, -0.1) is 0 Å². The third-order valence-corrected chi connectivity index (χ3v) is 3.05. The lowest BCUT2D eigenvalue weighted by molar-refractivity contribution is -0.0117. The van der Waals surface area contributed by atoms with Crippen molar-refractivity contribution >= 4 is 21.7 Å². The number of hydrogen-bond acceptors (Lipinski definition) is 4. The molecule has 5 heteroatoms. The van der Waals surface area contributed by atoms with Gasteiger partial charge in [-0.2, -0.15) is 0 Å². The summed E-state index contributed by atoms with van der Waals surface area (Å²) in [6, 6.07) is 3.93. The summed E-state index contributed by atoms with van der Waals surface area (Å²) in [5.41, 5.74) is 0. The fourth-order valence-corrected chi connectivity index (χ4v) is 1.92. The molecule has 1 aliphatic heterocycles. The smallest absolute Gasteiger partial charge is 0.126 e. The Morgan fingerprint density at radius 3 is 3.19 bits per heavy atom. The van der Waals surface area contributed by atoms with Crippen LogP contribution in [0.1, 0.15) is 0 Å². The molecule has 0 radical (unpaired) electrons. The highest BCUT2D eigenvalue weighted by Gasteiger charge is 2.17. The van der Waals surface area contributed by atoms with Crippen molar-refractivity contribution < 1.29 is 4.74 Å². The highest BCUT2D eigenvalue weighted by atomic mass is 79.9. The Hall–Kier alpha value is -0.650. The number of anilines is 1. The molecule has 1 aromatic rings. The van der Waals surface area contributed by atoms with E-state index in [1.54, 1.807) is 6.20 Å². The minimum absolute atomic E-state index is 0.254. The van der Waals surface area contributed by atoms with Gasteiger partial charge >= 0.3 is 0 Å². The van der Waals surface area contributed by atoms with Crippen molar-refractivity contribution in [2.45, 2.75) is 6.10 Å². The van der Waals surface area contributed by atoms with Crippen molar-refractivity contribution in [3.05, 3.63) is 22.8 Å². The van der Waals surface area contributed by atoms with Crippen LogP contribution in [0.25, 0.3) is 0 Å². The molecule has 1 unspecified atom stereocenters. The van der Waals surface area contributed by atoms with Crippen molar-refractivity contribution in [1.82, 2.24) is 9.88 Å². The molecule has 2 rings (SSSR count). The second-order valence-corrected chi connectivity index (χ2v) is 4.91. The summed E-state index contributed by atoms with van der Waals surface area (Å²) >= 11 is 3.36. The second kappa shape index (κ2) is 5.61. The predicted molar refractivity (Wildman–Crippen MR) is 67.7 cm³/mol. The molecular weight excluding hydrogens is 270 g/mol. The zero-order valence-corrected chi connectivity index (χ0v) is 10.9. The van der Waals surface area contributed by atoms with Crippen LogP contribution in [0.15, 0.2) is 22.8 Å². The van der Waals surface area contributed by atoms with Crippen LogP contribution in [0.2, 0.25) is 0 Å². The Labute approximate surface area is 104 Å². The number of aromatic nitrogens is 1. The fraction of sp³-hybridized carbons (Fsp3) is 0.545. The molecule has 1 N–H and O–H groups in total. The lowest BCUT2D eigenvalue weighted by Gasteiger charge is -2.30. The van der Waals surface area contributed by atoms with Crippen molar-refractivity contribution in [3.63, 3.8) is 0 Å². The molecule has 1 aromatic heterocycles. The number of ether oxygens (including phenoxy) is 1. The van der Waals surface area contributed by atoms with E-state index in [2.05, 4.69) is 38.2 Å². The van der Waals surface area contributed by atoms with Crippen molar-refractivity contribution in [2.75, 3.05) is 38.6 Å². The number of halogens is 1. The molecule has 0 bridgehead atoms. The van der Waals surface area contributed by atoms with Gasteiger partial charge in [-0.1, -0.05) is 0 Å². The Kier molecular flexibility index (Phi) is 4.15. The first-order valence-corrected chi connectivity index (χ1v) is 6.19.